The van der Waals surface area contributed by atoms with E-state index in [0.29, 0.717) is 13.0 Å². The first-order chi connectivity index (χ1) is 8.04. The summed E-state index contributed by atoms with van der Waals surface area (Å²) >= 11 is 0. The van der Waals surface area contributed by atoms with Gasteiger partial charge in [-0.1, -0.05) is 6.07 Å². The molecule has 0 fully saturated rings. The van der Waals surface area contributed by atoms with Gasteiger partial charge < -0.3 is 10.4 Å². The average molecular weight is 248 g/mol. The second-order valence-electron chi connectivity index (χ2n) is 3.62. The summed E-state index contributed by atoms with van der Waals surface area (Å²) in [5, 5.41) is 11.4. The Morgan fingerprint density at radius 3 is 2.59 bits per heavy atom. The summed E-state index contributed by atoms with van der Waals surface area (Å²) in [5.41, 5.74) is -0.891. The zero-order valence-electron chi connectivity index (χ0n) is 9.30. The number of aliphatic hydroxyl groups excluding tert-OH is 1. The summed E-state index contributed by atoms with van der Waals surface area (Å²) in [6.07, 6.45) is -2.08. The summed E-state index contributed by atoms with van der Waals surface area (Å²) in [4.78, 5) is 3.48. The second kappa shape index (κ2) is 6.44. The minimum atomic E-state index is -4.41. The topological polar surface area (TPSA) is 45.1 Å². The van der Waals surface area contributed by atoms with Gasteiger partial charge in [-0.25, -0.2) is 4.98 Å². The minimum absolute atomic E-state index is 0.141. The first-order valence-electron chi connectivity index (χ1n) is 5.43. The van der Waals surface area contributed by atoms with E-state index in [2.05, 4.69) is 10.3 Å². The molecule has 0 spiro atoms. The summed E-state index contributed by atoms with van der Waals surface area (Å²) in [5.74, 6) is 0.226. The lowest BCUT2D eigenvalue weighted by Gasteiger charge is -2.09. The Bertz CT molecular complexity index is 342. The van der Waals surface area contributed by atoms with E-state index in [0.717, 1.165) is 18.9 Å². The van der Waals surface area contributed by atoms with Crippen molar-refractivity contribution in [1.29, 1.82) is 0 Å². The molecule has 0 aliphatic carbocycles. The number of halogens is 3. The largest absolute Gasteiger partial charge is 0.433 e. The third-order valence-electron chi connectivity index (χ3n) is 2.18. The molecule has 1 aromatic rings. The number of aliphatic hydroxyl groups is 1. The van der Waals surface area contributed by atoms with E-state index >= 15 is 0 Å². The highest BCUT2D eigenvalue weighted by Gasteiger charge is 2.32. The average Bonchev–Trinajstić information content (AvgIpc) is 2.28. The molecule has 6 heteroatoms. The van der Waals surface area contributed by atoms with Gasteiger partial charge >= 0.3 is 6.18 Å². The van der Waals surface area contributed by atoms with E-state index in [1.54, 1.807) is 0 Å². The lowest BCUT2D eigenvalue weighted by Crippen LogP contribution is -2.10. The van der Waals surface area contributed by atoms with Crippen LogP contribution in [0.3, 0.4) is 0 Å². The Morgan fingerprint density at radius 2 is 1.94 bits per heavy atom. The molecule has 0 aromatic carbocycles. The maximum atomic E-state index is 12.3. The maximum absolute atomic E-state index is 12.3. The number of alkyl halides is 3. The molecule has 2 N–H and O–H groups in total. The molecule has 0 atom stereocenters. The van der Waals surface area contributed by atoms with Gasteiger partial charge in [-0.05, 0) is 31.4 Å². The van der Waals surface area contributed by atoms with Crippen molar-refractivity contribution in [2.75, 3.05) is 18.5 Å². The fraction of sp³-hybridized carbons (Fsp3) is 0.545. The van der Waals surface area contributed by atoms with Gasteiger partial charge in [0.1, 0.15) is 11.5 Å². The quantitative estimate of drug-likeness (QED) is 0.761. The van der Waals surface area contributed by atoms with Gasteiger partial charge in [0.05, 0.1) is 0 Å². The Labute approximate surface area is 97.7 Å². The molecule has 0 bridgehead atoms. The molecule has 0 aliphatic rings. The number of hydrogen-bond acceptors (Lipinski definition) is 3. The van der Waals surface area contributed by atoms with Crippen LogP contribution in [0.1, 0.15) is 25.0 Å². The first kappa shape index (κ1) is 13.8. The van der Waals surface area contributed by atoms with Crippen molar-refractivity contribution < 1.29 is 18.3 Å². The van der Waals surface area contributed by atoms with Crippen LogP contribution in [0.5, 0.6) is 0 Å². The Balaban J connectivity index is 2.44. The summed E-state index contributed by atoms with van der Waals surface area (Å²) in [6, 6.07) is 3.77. The molecular weight excluding hydrogens is 233 g/mol. The van der Waals surface area contributed by atoms with Crippen LogP contribution in [0.2, 0.25) is 0 Å². The Morgan fingerprint density at radius 1 is 1.18 bits per heavy atom. The molecule has 0 unspecified atom stereocenters. The molecule has 1 aromatic heterocycles. The molecule has 0 amide bonds. The molecule has 3 nitrogen and oxygen atoms in total. The Kier molecular flexibility index (Phi) is 5.21. The highest BCUT2D eigenvalue weighted by Crippen LogP contribution is 2.28. The lowest BCUT2D eigenvalue weighted by atomic mass is 10.2. The van der Waals surface area contributed by atoms with Crippen molar-refractivity contribution in [1.82, 2.24) is 4.98 Å². The first-order valence-corrected chi connectivity index (χ1v) is 5.43. The van der Waals surface area contributed by atoms with Crippen LogP contribution in [-0.2, 0) is 6.18 Å². The molecule has 1 heterocycles. The van der Waals surface area contributed by atoms with Crippen LogP contribution in [-0.4, -0.2) is 23.2 Å². The molecule has 96 valence electrons. The number of aromatic nitrogens is 1. The fourth-order valence-electron chi connectivity index (χ4n) is 1.32. The SMILES string of the molecule is OCCCCCNc1cccc(C(F)(F)F)n1. The van der Waals surface area contributed by atoms with Crippen LogP contribution in [0, 0.1) is 0 Å². The van der Waals surface area contributed by atoms with Gasteiger partial charge in [0, 0.05) is 13.2 Å². The lowest BCUT2D eigenvalue weighted by molar-refractivity contribution is -0.141. The molecular formula is C11H15F3N2O. The van der Waals surface area contributed by atoms with Gasteiger partial charge in [0.25, 0.3) is 0 Å². The summed E-state index contributed by atoms with van der Waals surface area (Å²) in [7, 11) is 0. The van der Waals surface area contributed by atoms with Crippen LogP contribution in [0.15, 0.2) is 18.2 Å². The van der Waals surface area contributed by atoms with Crippen molar-refractivity contribution in [3.63, 3.8) is 0 Å². The number of anilines is 1. The van der Waals surface area contributed by atoms with E-state index in [1.165, 1.54) is 12.1 Å². The van der Waals surface area contributed by atoms with E-state index in [1.807, 2.05) is 0 Å². The molecule has 0 aliphatic heterocycles. The van der Waals surface area contributed by atoms with E-state index in [4.69, 9.17) is 5.11 Å². The molecule has 1 rings (SSSR count). The van der Waals surface area contributed by atoms with E-state index in [-0.39, 0.29) is 12.4 Å². The third-order valence-corrected chi connectivity index (χ3v) is 2.18. The van der Waals surface area contributed by atoms with Crippen molar-refractivity contribution in [3.8, 4) is 0 Å². The number of rotatable bonds is 6. The highest BCUT2D eigenvalue weighted by molar-refractivity contribution is 5.35. The fourth-order valence-corrected chi connectivity index (χ4v) is 1.32. The van der Waals surface area contributed by atoms with E-state index < -0.39 is 11.9 Å². The van der Waals surface area contributed by atoms with Gasteiger partial charge in [0.15, 0.2) is 0 Å². The van der Waals surface area contributed by atoms with Gasteiger partial charge in [0.2, 0.25) is 0 Å². The smallest absolute Gasteiger partial charge is 0.396 e. The van der Waals surface area contributed by atoms with Crippen LogP contribution >= 0.6 is 0 Å². The third kappa shape index (κ3) is 5.04. The maximum Gasteiger partial charge on any atom is 0.433 e. The van der Waals surface area contributed by atoms with Crippen molar-refractivity contribution in [2.24, 2.45) is 0 Å². The number of unbranched alkanes of at least 4 members (excludes halogenated alkanes) is 2. The highest BCUT2D eigenvalue weighted by atomic mass is 19.4. The van der Waals surface area contributed by atoms with Crippen molar-refractivity contribution in [2.45, 2.75) is 25.4 Å². The standard InChI is InChI=1S/C11H15F3N2O/c12-11(13,14)9-5-4-6-10(16-9)15-7-2-1-3-8-17/h4-6,17H,1-3,7-8H2,(H,15,16). The van der Waals surface area contributed by atoms with Gasteiger partial charge in [-0.3, -0.25) is 0 Å². The monoisotopic (exact) mass is 248 g/mol. The normalized spacial score (nSPS) is 11.5. The predicted molar refractivity (Wildman–Crippen MR) is 58.7 cm³/mol. The number of nitrogens with one attached hydrogen (secondary N) is 1. The predicted octanol–water partition coefficient (Wildman–Crippen LogP) is 2.67. The van der Waals surface area contributed by atoms with Crippen molar-refractivity contribution in [3.05, 3.63) is 23.9 Å². The van der Waals surface area contributed by atoms with Crippen molar-refractivity contribution >= 4 is 5.82 Å². The zero-order valence-corrected chi connectivity index (χ0v) is 9.30. The van der Waals surface area contributed by atoms with Crippen LogP contribution in [0.25, 0.3) is 0 Å². The molecule has 0 radical (unpaired) electrons. The molecule has 0 saturated carbocycles. The molecule has 17 heavy (non-hydrogen) atoms. The second-order valence-corrected chi connectivity index (χ2v) is 3.62. The number of pyridine rings is 1. The van der Waals surface area contributed by atoms with Gasteiger partial charge in [-0.15, -0.1) is 0 Å². The summed E-state index contributed by atoms with van der Waals surface area (Å²) < 4.78 is 37.0. The summed E-state index contributed by atoms with van der Waals surface area (Å²) in [6.45, 7) is 0.691. The Hall–Kier alpha value is -1.30. The number of nitrogens with zero attached hydrogens (tertiary/aromatic N) is 1. The van der Waals surface area contributed by atoms with Gasteiger partial charge in [-0.2, -0.15) is 13.2 Å². The van der Waals surface area contributed by atoms with Crippen LogP contribution < -0.4 is 5.32 Å². The molecule has 0 saturated heterocycles. The van der Waals surface area contributed by atoms with Crippen LogP contribution in [0.4, 0.5) is 19.0 Å². The zero-order chi connectivity index (χ0) is 12.7. The minimum Gasteiger partial charge on any atom is -0.396 e. The number of hydrogen-bond donors (Lipinski definition) is 2. The van der Waals surface area contributed by atoms with E-state index in [9.17, 15) is 13.2 Å².